The molecule has 0 N–H and O–H groups in total. The second kappa shape index (κ2) is 7.54. The molecule has 0 aromatic heterocycles. The van der Waals surface area contributed by atoms with Crippen molar-refractivity contribution in [3.8, 4) is 0 Å². The van der Waals surface area contributed by atoms with E-state index in [0.717, 1.165) is 11.7 Å². The summed E-state index contributed by atoms with van der Waals surface area (Å²) < 4.78 is 0. The predicted molar refractivity (Wildman–Crippen MR) is 97.2 cm³/mol. The van der Waals surface area contributed by atoms with Crippen molar-refractivity contribution in [2.75, 3.05) is 12.3 Å². The maximum atomic E-state index is 12.8. The highest BCUT2D eigenvalue weighted by atomic mass is 31.2. The quantitative estimate of drug-likeness (QED) is 0.453. The van der Waals surface area contributed by atoms with Crippen molar-refractivity contribution < 1.29 is 4.79 Å². The maximum Gasteiger partial charge on any atom is 0.199 e. The third-order valence-corrected chi connectivity index (χ3v) is 11.4. The molecule has 1 aromatic carbocycles. The molecule has 0 fully saturated rings. The van der Waals surface area contributed by atoms with Crippen molar-refractivity contribution in [1.29, 1.82) is 0 Å². The van der Waals surface area contributed by atoms with Gasteiger partial charge >= 0.3 is 0 Å². The highest BCUT2D eigenvalue weighted by molar-refractivity contribution is 7.78. The molecule has 0 spiro atoms. The van der Waals surface area contributed by atoms with Gasteiger partial charge in [0.2, 0.25) is 0 Å². The van der Waals surface area contributed by atoms with Crippen LogP contribution < -0.4 is 0 Å². The molecule has 0 aliphatic rings. The molecule has 118 valence electrons. The van der Waals surface area contributed by atoms with Gasteiger partial charge in [0, 0.05) is 12.8 Å². The second-order valence-electron chi connectivity index (χ2n) is 7.32. The summed E-state index contributed by atoms with van der Waals surface area (Å²) in [6.45, 7) is 13.9. The monoisotopic (exact) mass is 307 g/mol. The van der Waals surface area contributed by atoms with Crippen molar-refractivity contribution in [1.82, 2.24) is 0 Å². The van der Waals surface area contributed by atoms with Crippen molar-refractivity contribution in [3.63, 3.8) is 0 Å². The van der Waals surface area contributed by atoms with Gasteiger partial charge < -0.3 is 0 Å². The molecule has 0 aliphatic heterocycles. The molecular formula is C19H32OP+. The molecule has 21 heavy (non-hydrogen) atoms. The van der Waals surface area contributed by atoms with Crippen LogP contribution in [0, 0.1) is 0 Å². The first-order valence-electron chi connectivity index (χ1n) is 8.19. The standard InChI is InChI=1S/C19H32OP/c1-7-8-14-21(16(2)3,19(4,5)6)15-18(20)17-12-10-9-11-13-17/h9-13,16H,7-8,14-15H2,1-6H3/q+1. The minimum atomic E-state index is -1.34. The topological polar surface area (TPSA) is 17.1 Å². The number of rotatable bonds is 7. The van der Waals surface area contributed by atoms with Gasteiger partial charge in [-0.05, 0) is 41.0 Å². The zero-order valence-electron chi connectivity index (χ0n) is 14.6. The lowest BCUT2D eigenvalue weighted by molar-refractivity contribution is 0.102. The van der Waals surface area contributed by atoms with E-state index in [4.69, 9.17) is 0 Å². The van der Waals surface area contributed by atoms with E-state index < -0.39 is 7.26 Å². The third kappa shape index (κ3) is 4.39. The highest BCUT2D eigenvalue weighted by Gasteiger charge is 2.52. The van der Waals surface area contributed by atoms with Crippen LogP contribution >= 0.6 is 7.26 Å². The minimum Gasteiger partial charge on any atom is -0.290 e. The number of hydrogen-bond acceptors (Lipinski definition) is 1. The summed E-state index contributed by atoms with van der Waals surface area (Å²) in [5.74, 6) is 0.337. The van der Waals surface area contributed by atoms with Gasteiger partial charge in [0.05, 0.1) is 17.0 Å². The van der Waals surface area contributed by atoms with Crippen LogP contribution in [0.1, 0.15) is 64.7 Å². The van der Waals surface area contributed by atoms with E-state index in [1.165, 1.54) is 19.0 Å². The van der Waals surface area contributed by atoms with Crippen LogP contribution in [0.5, 0.6) is 0 Å². The molecule has 0 radical (unpaired) electrons. The summed E-state index contributed by atoms with van der Waals surface area (Å²) in [5, 5.41) is 0.237. The van der Waals surface area contributed by atoms with E-state index >= 15 is 0 Å². The van der Waals surface area contributed by atoms with Gasteiger partial charge in [-0.25, -0.2) is 0 Å². The van der Waals surface area contributed by atoms with E-state index in [0.29, 0.717) is 11.4 Å². The number of carbonyl (C=O) groups is 1. The van der Waals surface area contributed by atoms with Gasteiger partial charge in [-0.2, -0.15) is 0 Å². The molecule has 1 atom stereocenters. The third-order valence-electron chi connectivity index (χ3n) is 4.76. The lowest BCUT2D eigenvalue weighted by Crippen LogP contribution is -2.33. The number of ketones is 1. The van der Waals surface area contributed by atoms with Crippen molar-refractivity contribution in [2.45, 2.75) is 65.2 Å². The minimum absolute atomic E-state index is 0.237. The van der Waals surface area contributed by atoms with E-state index in [1.807, 2.05) is 30.3 Å². The van der Waals surface area contributed by atoms with E-state index in [2.05, 4.69) is 41.5 Å². The molecule has 0 aliphatic carbocycles. The van der Waals surface area contributed by atoms with Gasteiger partial charge in [0.15, 0.2) is 5.78 Å². The lowest BCUT2D eigenvalue weighted by atomic mass is 10.2. The van der Waals surface area contributed by atoms with Crippen LogP contribution in [-0.2, 0) is 0 Å². The van der Waals surface area contributed by atoms with Crippen LogP contribution in [0.2, 0.25) is 0 Å². The molecule has 0 amide bonds. The summed E-state index contributed by atoms with van der Waals surface area (Å²) >= 11 is 0. The molecule has 1 aromatic rings. The summed E-state index contributed by atoms with van der Waals surface area (Å²) in [6.07, 6.45) is 4.46. The molecular weight excluding hydrogens is 275 g/mol. The van der Waals surface area contributed by atoms with Gasteiger partial charge in [0.25, 0.3) is 0 Å². The van der Waals surface area contributed by atoms with Gasteiger partial charge in [-0.1, -0.05) is 43.7 Å². The van der Waals surface area contributed by atoms with Crippen LogP contribution in [0.4, 0.5) is 0 Å². The van der Waals surface area contributed by atoms with Crippen molar-refractivity contribution in [2.24, 2.45) is 0 Å². The number of hydrogen-bond donors (Lipinski definition) is 0. The Bertz CT molecular complexity index is 444. The Hall–Kier alpha value is -0.680. The molecule has 1 rings (SSSR count). The smallest absolute Gasteiger partial charge is 0.199 e. The van der Waals surface area contributed by atoms with Crippen LogP contribution in [0.3, 0.4) is 0 Å². The molecule has 0 saturated heterocycles. The molecule has 0 heterocycles. The van der Waals surface area contributed by atoms with Crippen molar-refractivity contribution in [3.05, 3.63) is 35.9 Å². The largest absolute Gasteiger partial charge is 0.290 e. The molecule has 0 saturated carbocycles. The maximum absolute atomic E-state index is 12.8. The fourth-order valence-corrected chi connectivity index (χ4v) is 8.59. The van der Waals surface area contributed by atoms with Crippen LogP contribution in [0.25, 0.3) is 0 Å². The van der Waals surface area contributed by atoms with Gasteiger partial charge in [-0.15, -0.1) is 0 Å². The Morgan fingerprint density at radius 2 is 1.71 bits per heavy atom. The number of unbranched alkanes of at least 4 members (excludes halogenated alkanes) is 1. The fraction of sp³-hybridized carbons (Fsp3) is 0.632. The molecule has 1 unspecified atom stereocenters. The SMILES string of the molecule is CCCC[P+](CC(=O)c1ccccc1)(C(C)C)C(C)(C)C. The van der Waals surface area contributed by atoms with Gasteiger partial charge in [-0.3, -0.25) is 4.79 Å². The molecule has 0 bridgehead atoms. The average molecular weight is 307 g/mol. The number of benzene rings is 1. The molecule has 1 nitrogen and oxygen atoms in total. The summed E-state index contributed by atoms with van der Waals surface area (Å²) in [7, 11) is -1.34. The van der Waals surface area contributed by atoms with Crippen LogP contribution in [0.15, 0.2) is 30.3 Å². The van der Waals surface area contributed by atoms with Crippen molar-refractivity contribution >= 4 is 13.0 Å². The lowest BCUT2D eigenvalue weighted by Gasteiger charge is -2.41. The second-order valence-corrected chi connectivity index (χ2v) is 12.5. The summed E-state index contributed by atoms with van der Waals surface area (Å²) in [5.41, 5.74) is 1.49. The van der Waals surface area contributed by atoms with E-state index in [9.17, 15) is 4.79 Å². The first kappa shape index (κ1) is 18.4. The Labute approximate surface area is 131 Å². The fourth-order valence-electron chi connectivity index (χ4n) is 3.28. The predicted octanol–water partition coefficient (Wildman–Crippen LogP) is 5.89. The summed E-state index contributed by atoms with van der Waals surface area (Å²) in [6, 6.07) is 9.82. The van der Waals surface area contributed by atoms with E-state index in [-0.39, 0.29) is 5.16 Å². The Balaban J connectivity index is 3.09. The van der Waals surface area contributed by atoms with Gasteiger partial charge in [0.1, 0.15) is 6.16 Å². The first-order valence-corrected chi connectivity index (χ1v) is 10.4. The summed E-state index contributed by atoms with van der Waals surface area (Å²) in [4.78, 5) is 12.8. The molecule has 2 heteroatoms. The zero-order chi connectivity index (χ0) is 16.1. The Morgan fingerprint density at radius 1 is 1.14 bits per heavy atom. The Morgan fingerprint density at radius 3 is 2.14 bits per heavy atom. The van der Waals surface area contributed by atoms with E-state index in [1.54, 1.807) is 0 Å². The highest BCUT2D eigenvalue weighted by Crippen LogP contribution is 2.72. The number of carbonyl (C=O) groups excluding carboxylic acids is 1. The Kier molecular flexibility index (Phi) is 6.60. The number of Topliss-reactive ketones (excluding diaryl/α,β-unsaturated/α-hetero) is 1. The normalized spacial score (nSPS) is 15.0. The average Bonchev–Trinajstić information content (AvgIpc) is 2.42. The first-order chi connectivity index (χ1) is 9.74. The van der Waals surface area contributed by atoms with Crippen LogP contribution in [-0.4, -0.2) is 28.9 Å². The zero-order valence-corrected chi connectivity index (χ0v) is 15.5.